The van der Waals surface area contributed by atoms with Crippen LogP contribution in [0.2, 0.25) is 0 Å². The highest BCUT2D eigenvalue weighted by molar-refractivity contribution is 7.98. The van der Waals surface area contributed by atoms with E-state index in [-0.39, 0.29) is 30.9 Å². The summed E-state index contributed by atoms with van der Waals surface area (Å²) in [5.74, 6) is -5.72. The first-order valence-electron chi connectivity index (χ1n) is 19.8. The maximum Gasteiger partial charge on any atom is 0.322 e. The second kappa shape index (κ2) is 22.6. The van der Waals surface area contributed by atoms with Crippen molar-refractivity contribution in [2.75, 3.05) is 25.1 Å². The fraction of sp³-hybridized carbons (Fsp3) is 0.488. The molecule has 2 heterocycles. The number of H-pyrrole nitrogens is 1. The number of carbonyl (C=O) groups excluding carboxylic acids is 6. The fourth-order valence-corrected chi connectivity index (χ4v) is 7.22. The molecule has 1 aliphatic rings. The summed E-state index contributed by atoms with van der Waals surface area (Å²) < 4.78 is 0. The lowest BCUT2D eigenvalue weighted by Crippen LogP contribution is -2.62. The number of aliphatic hydroxyl groups excluding tert-OH is 1. The molecule has 6 amide bonds. The third-order valence-corrected chi connectivity index (χ3v) is 10.7. The zero-order valence-corrected chi connectivity index (χ0v) is 34.9. The molecule has 60 heavy (non-hydrogen) atoms. The molecule has 7 atom stereocenters. The normalized spacial score (nSPS) is 16.7. The number of carbonyl (C=O) groups is 7. The number of aromatic hydroxyl groups is 1. The number of para-hydroxylation sites is 1. The molecular weight excluding hydrogens is 797 g/mol. The average Bonchev–Trinajstić information content (AvgIpc) is 3.90. The summed E-state index contributed by atoms with van der Waals surface area (Å²) in [4.78, 5) is 96.1. The van der Waals surface area contributed by atoms with Crippen molar-refractivity contribution in [2.24, 2.45) is 5.92 Å². The van der Waals surface area contributed by atoms with Crippen LogP contribution in [0.4, 0.5) is 0 Å². The van der Waals surface area contributed by atoms with E-state index in [4.69, 9.17) is 5.11 Å². The van der Waals surface area contributed by atoms with Gasteiger partial charge in [0.1, 0.15) is 42.5 Å². The summed E-state index contributed by atoms with van der Waals surface area (Å²) in [7, 11) is 0. The van der Waals surface area contributed by atoms with E-state index in [1.807, 2.05) is 24.3 Å². The van der Waals surface area contributed by atoms with Crippen LogP contribution in [-0.4, -0.2) is 129 Å². The van der Waals surface area contributed by atoms with Crippen molar-refractivity contribution < 1.29 is 48.9 Å². The van der Waals surface area contributed by atoms with Crippen LogP contribution in [0.5, 0.6) is 5.75 Å². The number of amides is 6. The Bertz CT molecular complexity index is 1970. The number of carboxylic acids is 1. The van der Waals surface area contributed by atoms with Crippen LogP contribution in [-0.2, 0) is 46.4 Å². The smallest absolute Gasteiger partial charge is 0.322 e. The molecule has 1 fully saturated rings. The second-order valence-electron chi connectivity index (χ2n) is 15.1. The minimum absolute atomic E-state index is 0.0225. The number of aromatic nitrogens is 1. The summed E-state index contributed by atoms with van der Waals surface area (Å²) in [6.45, 7) is 4.54. The van der Waals surface area contributed by atoms with Crippen LogP contribution in [0.3, 0.4) is 0 Å². The highest BCUT2D eigenvalue weighted by atomic mass is 32.2. The maximum absolute atomic E-state index is 14.3. The predicted molar refractivity (Wildman–Crippen MR) is 225 cm³/mol. The van der Waals surface area contributed by atoms with Crippen LogP contribution in [0, 0.1) is 5.92 Å². The van der Waals surface area contributed by atoms with Crippen molar-refractivity contribution in [1.82, 2.24) is 42.2 Å². The Balaban J connectivity index is 1.58. The number of aliphatic carboxylic acids is 1. The molecule has 0 saturated carbocycles. The number of nitrogens with one attached hydrogen (secondary N) is 8. The van der Waals surface area contributed by atoms with Gasteiger partial charge < -0.3 is 57.5 Å². The maximum atomic E-state index is 14.3. The molecule has 11 N–H and O–H groups in total. The number of hydrogen-bond acceptors (Lipinski definition) is 11. The first kappa shape index (κ1) is 47.0. The molecule has 0 aliphatic carbocycles. The molecule has 4 rings (SSSR count). The van der Waals surface area contributed by atoms with Gasteiger partial charge in [0, 0.05) is 29.9 Å². The highest BCUT2D eigenvalue weighted by Crippen LogP contribution is 2.20. The standard InChI is InChI=1S/C41H56N8O10S/c1-22(2)34(40(58)49-35(23(3)50)41(59)45-30(15-17-60-4)36(54)44-21-33(52)53)48-39(57)32(19-25-20-43-28-9-6-5-8-27(25)28)47-38(56)31(18-24-11-13-26(51)14-12-24)46-37(55)29-10-7-16-42-29/h5-6,8-9,11-14,20,22-23,29-32,34-35,42-43,50-51H,7,10,15-19,21H2,1-4H3,(H,44,54)(H,45,59)(H,46,55)(H,47,56)(H,48,57)(H,49,58)(H,52,53)/t23-,29+,30+,31+,32+,34+,35+/m1/s1. The lowest BCUT2D eigenvalue weighted by Gasteiger charge is -2.29. The number of hydrogen-bond donors (Lipinski definition) is 11. The third kappa shape index (κ3) is 13.7. The molecule has 0 radical (unpaired) electrons. The van der Waals surface area contributed by atoms with Gasteiger partial charge in [-0.15, -0.1) is 0 Å². The van der Waals surface area contributed by atoms with Crippen LogP contribution in [0.1, 0.15) is 51.2 Å². The second-order valence-corrected chi connectivity index (χ2v) is 16.1. The van der Waals surface area contributed by atoms with Gasteiger partial charge >= 0.3 is 5.97 Å². The number of thioether (sulfide) groups is 1. The van der Waals surface area contributed by atoms with Crippen molar-refractivity contribution in [2.45, 2.75) is 95.2 Å². The number of aliphatic hydroxyl groups is 1. The van der Waals surface area contributed by atoms with Gasteiger partial charge in [-0.25, -0.2) is 0 Å². The zero-order chi connectivity index (χ0) is 43.9. The van der Waals surface area contributed by atoms with E-state index in [0.29, 0.717) is 29.8 Å². The molecule has 0 unspecified atom stereocenters. The Morgan fingerprint density at radius 3 is 2.05 bits per heavy atom. The Morgan fingerprint density at radius 1 is 0.783 bits per heavy atom. The number of fused-ring (bicyclic) bond motifs is 1. The van der Waals surface area contributed by atoms with E-state index in [2.05, 4.69) is 42.2 Å². The Morgan fingerprint density at radius 2 is 1.42 bits per heavy atom. The molecule has 1 aromatic heterocycles. The Hall–Kier alpha value is -5.66. The van der Waals surface area contributed by atoms with E-state index in [9.17, 15) is 43.8 Å². The summed E-state index contributed by atoms with van der Waals surface area (Å²) >= 11 is 1.39. The van der Waals surface area contributed by atoms with Crippen molar-refractivity contribution in [3.05, 3.63) is 65.9 Å². The molecule has 18 nitrogen and oxygen atoms in total. The van der Waals surface area contributed by atoms with E-state index in [0.717, 1.165) is 17.3 Å². The van der Waals surface area contributed by atoms with Gasteiger partial charge in [-0.05, 0) is 80.0 Å². The largest absolute Gasteiger partial charge is 0.508 e. The number of rotatable bonds is 22. The molecule has 1 saturated heterocycles. The van der Waals surface area contributed by atoms with Gasteiger partial charge in [-0.1, -0.05) is 44.2 Å². The van der Waals surface area contributed by atoms with Crippen LogP contribution >= 0.6 is 11.8 Å². The molecule has 326 valence electrons. The summed E-state index contributed by atoms with van der Waals surface area (Å²) in [5.41, 5.74) is 2.10. The summed E-state index contributed by atoms with van der Waals surface area (Å²) in [6.07, 6.45) is 3.54. The molecule has 19 heteroatoms. The van der Waals surface area contributed by atoms with E-state index in [1.165, 1.54) is 30.8 Å². The average molecular weight is 853 g/mol. The molecule has 2 aromatic carbocycles. The van der Waals surface area contributed by atoms with Crippen molar-refractivity contribution >= 4 is 64.1 Å². The van der Waals surface area contributed by atoms with Gasteiger partial charge in [0.05, 0.1) is 12.1 Å². The molecule has 0 bridgehead atoms. The van der Waals surface area contributed by atoms with E-state index in [1.54, 1.807) is 38.4 Å². The Labute approximate surface area is 352 Å². The number of carboxylic acid groups (broad SMARTS) is 1. The summed E-state index contributed by atoms with van der Waals surface area (Å²) in [6, 6.07) is 6.58. The quantitative estimate of drug-likeness (QED) is 0.0629. The first-order valence-corrected chi connectivity index (χ1v) is 21.2. The zero-order valence-electron chi connectivity index (χ0n) is 34.1. The summed E-state index contributed by atoms with van der Waals surface area (Å²) in [5, 5.41) is 48.9. The first-order chi connectivity index (χ1) is 28.6. The van der Waals surface area contributed by atoms with Crippen LogP contribution in [0.15, 0.2) is 54.7 Å². The van der Waals surface area contributed by atoms with Gasteiger partial charge in [0.15, 0.2) is 0 Å². The SMILES string of the molecule is CSCC[C@H](NC(=O)[C@@H](NC(=O)[C@@H](NC(=O)[C@H](Cc1c[nH]c2ccccc12)NC(=O)[C@H](Cc1ccc(O)cc1)NC(=O)[C@@H]1CCCN1)C(C)C)[C@@H](C)O)C(=O)NCC(=O)O. The van der Waals surface area contributed by atoms with Gasteiger partial charge in [0.25, 0.3) is 0 Å². The van der Waals surface area contributed by atoms with Crippen molar-refractivity contribution in [1.29, 1.82) is 0 Å². The third-order valence-electron chi connectivity index (χ3n) is 10.1. The van der Waals surface area contributed by atoms with Crippen molar-refractivity contribution in [3.8, 4) is 5.75 Å². The van der Waals surface area contributed by atoms with Crippen LogP contribution < -0.4 is 37.2 Å². The van der Waals surface area contributed by atoms with Crippen molar-refractivity contribution in [3.63, 3.8) is 0 Å². The monoisotopic (exact) mass is 852 g/mol. The number of benzene rings is 2. The van der Waals surface area contributed by atoms with E-state index < -0.39 is 90.3 Å². The highest BCUT2D eigenvalue weighted by Gasteiger charge is 2.36. The lowest BCUT2D eigenvalue weighted by atomic mass is 9.99. The van der Waals surface area contributed by atoms with Gasteiger partial charge in [-0.3, -0.25) is 33.6 Å². The number of phenols is 1. The van der Waals surface area contributed by atoms with Crippen LogP contribution in [0.25, 0.3) is 10.9 Å². The van der Waals surface area contributed by atoms with Gasteiger partial charge in [-0.2, -0.15) is 11.8 Å². The predicted octanol–water partition coefficient (Wildman–Crippen LogP) is -0.175. The molecule has 3 aromatic rings. The fourth-order valence-electron chi connectivity index (χ4n) is 6.75. The number of phenolic OH excluding ortho intramolecular Hbond substituents is 1. The molecule has 1 aliphatic heterocycles. The van der Waals surface area contributed by atoms with E-state index >= 15 is 0 Å². The minimum atomic E-state index is -1.58. The molecule has 0 spiro atoms. The number of aromatic amines is 1. The van der Waals surface area contributed by atoms with Gasteiger partial charge in [0.2, 0.25) is 35.4 Å². The molecular formula is C41H56N8O10S. The lowest BCUT2D eigenvalue weighted by molar-refractivity contribution is -0.139. The Kier molecular flexibility index (Phi) is 17.7. The minimum Gasteiger partial charge on any atom is -0.508 e. The topological polar surface area (TPSA) is 280 Å².